The number of hydroxylamine groups is 1. The van der Waals surface area contributed by atoms with Gasteiger partial charge in [0.05, 0.1) is 42.3 Å². The van der Waals surface area contributed by atoms with Crippen molar-refractivity contribution in [1.29, 1.82) is 0 Å². The first-order valence-corrected chi connectivity index (χ1v) is 19.2. The van der Waals surface area contributed by atoms with Crippen LogP contribution in [0.2, 0.25) is 0 Å². The number of ether oxygens (including phenoxy) is 2. The van der Waals surface area contributed by atoms with Crippen molar-refractivity contribution >= 4 is 23.4 Å². The standard InChI is InChI=1S/C39H42F8N6O11/c1-18-6-7-37(23(18)12-19-2-5-27(30(41)29(19)40)64-11-10-63-9-8-49-35(60)33(58)32(57)31(56)26(55)16-54)15-22(34(48)59)36(61)53(62)52(37)25-4-3-20(38(42,43)44)13-21(25)24-14-28(39(45,46)47)51-17-50-24/h2-5,13-15,17-18,23,26,31-33,54-58,62H,6-12,16H2,1H3,(H2,48,59)(H,49,60)/t18?,23?,26?,31-,32+,33-,37?/m0/s1. The van der Waals surface area contributed by atoms with E-state index in [-0.39, 0.29) is 49.9 Å². The summed E-state index contributed by atoms with van der Waals surface area (Å²) in [5, 5.41) is 61.9. The molecule has 350 valence electrons. The maximum absolute atomic E-state index is 15.9. The molecule has 1 aliphatic carbocycles. The van der Waals surface area contributed by atoms with E-state index in [0.717, 1.165) is 29.3 Å². The number of carbonyl (C=O) groups excluding carboxylic acids is 3. The molecule has 2 aromatic carbocycles. The number of nitrogens with zero attached hydrogens (tertiary/aromatic N) is 4. The van der Waals surface area contributed by atoms with Gasteiger partial charge in [-0.25, -0.2) is 19.4 Å². The molecule has 5 rings (SSSR count). The number of amides is 3. The number of hydrogen-bond donors (Lipinski definition) is 8. The second-order valence-corrected chi connectivity index (χ2v) is 14.9. The van der Waals surface area contributed by atoms with Gasteiger partial charge in [-0.1, -0.05) is 13.0 Å². The number of carbonyl (C=O) groups is 3. The number of primary amides is 1. The van der Waals surface area contributed by atoms with Crippen LogP contribution in [-0.2, 0) is 37.9 Å². The average molecular weight is 923 g/mol. The molecule has 2 aliphatic rings. The minimum atomic E-state index is -5.08. The van der Waals surface area contributed by atoms with Crippen molar-refractivity contribution < 1.29 is 89.7 Å². The van der Waals surface area contributed by atoms with Crippen molar-refractivity contribution in [3.05, 3.63) is 82.8 Å². The molecule has 0 radical (unpaired) electrons. The van der Waals surface area contributed by atoms with Crippen LogP contribution in [0.1, 0.15) is 36.6 Å². The zero-order chi connectivity index (χ0) is 47.5. The Kier molecular flexibility index (Phi) is 15.2. The van der Waals surface area contributed by atoms with Gasteiger partial charge in [0.2, 0.25) is 5.82 Å². The highest BCUT2D eigenvalue weighted by molar-refractivity contribution is 6.18. The Hall–Kier alpha value is -5.57. The molecule has 64 heavy (non-hydrogen) atoms. The number of alkyl halides is 6. The number of aliphatic hydroxyl groups excluding tert-OH is 5. The van der Waals surface area contributed by atoms with E-state index in [2.05, 4.69) is 15.3 Å². The van der Waals surface area contributed by atoms with Gasteiger partial charge in [0.15, 0.2) is 17.7 Å². The van der Waals surface area contributed by atoms with E-state index in [1.54, 1.807) is 6.92 Å². The lowest BCUT2D eigenvalue weighted by Gasteiger charge is -2.51. The summed E-state index contributed by atoms with van der Waals surface area (Å²) in [6, 6.07) is 4.34. The summed E-state index contributed by atoms with van der Waals surface area (Å²) in [5.41, 5.74) is -2.20. The molecule has 2 heterocycles. The maximum Gasteiger partial charge on any atom is 0.433 e. The van der Waals surface area contributed by atoms with Crippen molar-refractivity contribution in [1.82, 2.24) is 20.5 Å². The molecule has 1 spiro atoms. The predicted octanol–water partition coefficient (Wildman–Crippen LogP) is 1.80. The second-order valence-electron chi connectivity index (χ2n) is 14.9. The number of hydrazine groups is 1. The lowest BCUT2D eigenvalue weighted by molar-refractivity contribution is -0.171. The Balaban J connectivity index is 1.39. The minimum absolute atomic E-state index is 0.112. The molecule has 1 aromatic heterocycles. The molecular weight excluding hydrogens is 880 g/mol. The van der Waals surface area contributed by atoms with Crippen LogP contribution in [0, 0.1) is 23.5 Å². The first-order chi connectivity index (χ1) is 29.9. The van der Waals surface area contributed by atoms with Crippen LogP contribution < -0.4 is 20.8 Å². The molecule has 0 bridgehead atoms. The molecule has 7 atom stereocenters. The smallest absolute Gasteiger partial charge is 0.433 e. The van der Waals surface area contributed by atoms with Crippen LogP contribution in [0.25, 0.3) is 11.3 Å². The van der Waals surface area contributed by atoms with Crippen LogP contribution in [0.15, 0.2) is 54.4 Å². The fraction of sp³-hybridized carbons (Fsp3) is 0.462. The summed E-state index contributed by atoms with van der Waals surface area (Å²) in [4.78, 5) is 45.0. The van der Waals surface area contributed by atoms with Crippen molar-refractivity contribution in [2.24, 2.45) is 17.6 Å². The quantitative estimate of drug-likeness (QED) is 0.0416. The number of aromatic nitrogens is 2. The second kappa shape index (κ2) is 19.7. The molecule has 17 nitrogen and oxygen atoms in total. The third-order valence-corrected chi connectivity index (χ3v) is 10.9. The van der Waals surface area contributed by atoms with Gasteiger partial charge in [0.1, 0.15) is 42.5 Å². The lowest BCUT2D eigenvalue weighted by atomic mass is 9.76. The molecule has 1 aliphatic heterocycles. The lowest BCUT2D eigenvalue weighted by Crippen LogP contribution is -2.64. The monoisotopic (exact) mass is 922 g/mol. The predicted molar refractivity (Wildman–Crippen MR) is 201 cm³/mol. The highest BCUT2D eigenvalue weighted by atomic mass is 19.4. The summed E-state index contributed by atoms with van der Waals surface area (Å²) in [6.07, 6.45) is -17.2. The number of benzene rings is 2. The third kappa shape index (κ3) is 10.3. The molecule has 25 heteroatoms. The van der Waals surface area contributed by atoms with E-state index in [1.165, 1.54) is 0 Å². The highest BCUT2D eigenvalue weighted by Crippen LogP contribution is 2.53. The van der Waals surface area contributed by atoms with Crippen molar-refractivity contribution in [3.8, 4) is 17.0 Å². The molecule has 1 fully saturated rings. The summed E-state index contributed by atoms with van der Waals surface area (Å²) >= 11 is 0. The first kappa shape index (κ1) is 49.4. The van der Waals surface area contributed by atoms with Crippen molar-refractivity contribution in [2.45, 2.75) is 68.5 Å². The zero-order valence-electron chi connectivity index (χ0n) is 33.4. The van der Waals surface area contributed by atoms with E-state index in [1.807, 2.05) is 0 Å². The van der Waals surface area contributed by atoms with Gasteiger partial charge >= 0.3 is 18.3 Å². The van der Waals surface area contributed by atoms with Gasteiger partial charge in [-0.05, 0) is 73.1 Å². The van der Waals surface area contributed by atoms with E-state index in [9.17, 15) is 66.4 Å². The van der Waals surface area contributed by atoms with Crippen LogP contribution in [0.4, 0.5) is 40.8 Å². The highest BCUT2D eigenvalue weighted by Gasteiger charge is 2.56. The van der Waals surface area contributed by atoms with Gasteiger partial charge in [-0.15, -0.1) is 5.17 Å². The van der Waals surface area contributed by atoms with Crippen LogP contribution >= 0.6 is 0 Å². The summed E-state index contributed by atoms with van der Waals surface area (Å²) in [5.74, 6) is -8.97. The third-order valence-electron chi connectivity index (χ3n) is 10.9. The Morgan fingerprint density at radius 1 is 0.969 bits per heavy atom. The Morgan fingerprint density at radius 2 is 1.67 bits per heavy atom. The van der Waals surface area contributed by atoms with E-state index in [4.69, 9.17) is 20.3 Å². The Labute approximate surface area is 357 Å². The van der Waals surface area contributed by atoms with Gasteiger partial charge in [-0.3, -0.25) is 19.6 Å². The van der Waals surface area contributed by atoms with Crippen LogP contribution in [0.5, 0.6) is 5.75 Å². The van der Waals surface area contributed by atoms with Crippen molar-refractivity contribution in [3.63, 3.8) is 0 Å². The van der Waals surface area contributed by atoms with Crippen LogP contribution in [-0.4, -0.2) is 127 Å². The largest absolute Gasteiger partial charge is 0.488 e. The Bertz CT molecular complexity index is 2230. The summed E-state index contributed by atoms with van der Waals surface area (Å²) in [7, 11) is 0. The molecule has 4 unspecified atom stereocenters. The minimum Gasteiger partial charge on any atom is -0.488 e. The number of rotatable bonds is 17. The molecule has 1 saturated carbocycles. The molecule has 9 N–H and O–H groups in total. The van der Waals surface area contributed by atoms with E-state index < -0.39 is 136 Å². The number of aliphatic hydroxyl groups is 5. The van der Waals surface area contributed by atoms with Gasteiger partial charge in [0.25, 0.3) is 11.8 Å². The molecular formula is C39H42F8N6O11. The van der Waals surface area contributed by atoms with Crippen LogP contribution in [0.3, 0.4) is 0 Å². The molecule has 0 saturated heterocycles. The molecule has 3 aromatic rings. The number of nitrogens with one attached hydrogen (secondary N) is 1. The van der Waals surface area contributed by atoms with Gasteiger partial charge in [-0.2, -0.15) is 30.7 Å². The zero-order valence-corrected chi connectivity index (χ0v) is 33.4. The fourth-order valence-corrected chi connectivity index (χ4v) is 7.59. The number of halogens is 8. The topological polar surface area (TPSA) is 261 Å². The number of anilines is 1. The van der Waals surface area contributed by atoms with E-state index >= 15 is 8.78 Å². The fourth-order valence-electron chi connectivity index (χ4n) is 7.59. The number of hydrogen-bond acceptors (Lipinski definition) is 14. The van der Waals surface area contributed by atoms with Gasteiger partial charge < -0.3 is 46.1 Å². The first-order valence-electron chi connectivity index (χ1n) is 19.2. The van der Waals surface area contributed by atoms with E-state index in [0.29, 0.717) is 24.5 Å². The summed E-state index contributed by atoms with van der Waals surface area (Å²) < 4.78 is 125. The number of nitrogens with two attached hydrogens (primary N) is 1. The molecule has 3 amide bonds. The summed E-state index contributed by atoms with van der Waals surface area (Å²) in [6.45, 7) is -0.357. The maximum atomic E-state index is 15.9. The normalized spacial score (nSPS) is 21.1. The van der Waals surface area contributed by atoms with Crippen molar-refractivity contribution in [2.75, 3.05) is 38.0 Å². The van der Waals surface area contributed by atoms with Gasteiger partial charge in [0, 0.05) is 12.1 Å². The average Bonchev–Trinajstić information content (AvgIpc) is 3.55. The SMILES string of the molecule is CC1CCC2(C=C(C(N)=O)C(=O)N(O)N2c2ccc(C(F)(F)F)cc2-c2cc(C(F)(F)F)ncn2)C1Cc1ccc(OCCOCCNC(=O)[C@@H](O)[C@H](O)[C@@H](O)C(O)CO)c(F)c1F. The Morgan fingerprint density at radius 3 is 2.31 bits per heavy atom.